The van der Waals surface area contributed by atoms with Crippen molar-refractivity contribution < 1.29 is 14.3 Å². The third-order valence-corrected chi connectivity index (χ3v) is 6.57. The number of hydrogen-bond acceptors (Lipinski definition) is 4. The number of hydrogen-bond donors (Lipinski definition) is 0. The summed E-state index contributed by atoms with van der Waals surface area (Å²) in [5, 5.41) is 0. The number of halogens is 1. The van der Waals surface area contributed by atoms with Crippen LogP contribution in [-0.2, 0) is 13.0 Å². The van der Waals surface area contributed by atoms with Crippen molar-refractivity contribution in [3.63, 3.8) is 0 Å². The summed E-state index contributed by atoms with van der Waals surface area (Å²) < 4.78 is 13.2. The van der Waals surface area contributed by atoms with E-state index in [9.17, 15) is 4.79 Å². The number of methoxy groups -OCH3 is 2. The Morgan fingerprint density at radius 1 is 0.909 bits per heavy atom. The third-order valence-electron chi connectivity index (χ3n) is 6.57. The maximum Gasteiger partial charge on any atom is 0.289 e. The van der Waals surface area contributed by atoms with Gasteiger partial charge in [-0.2, -0.15) is 0 Å². The maximum absolute atomic E-state index is 13.6. The third kappa shape index (κ3) is 4.20. The van der Waals surface area contributed by atoms with Gasteiger partial charge in [-0.15, -0.1) is 12.4 Å². The molecule has 1 aromatic heterocycles. The minimum Gasteiger partial charge on any atom is -0.493 e. The number of fused-ring (bicyclic) bond motifs is 3. The van der Waals surface area contributed by atoms with Crippen molar-refractivity contribution in [1.82, 2.24) is 14.5 Å². The van der Waals surface area contributed by atoms with Crippen LogP contribution in [0.3, 0.4) is 0 Å². The van der Waals surface area contributed by atoms with E-state index >= 15 is 0 Å². The van der Waals surface area contributed by atoms with Gasteiger partial charge in [0, 0.05) is 30.8 Å². The van der Waals surface area contributed by atoms with Gasteiger partial charge in [-0.3, -0.25) is 4.79 Å². The van der Waals surface area contributed by atoms with E-state index in [4.69, 9.17) is 14.5 Å². The summed E-state index contributed by atoms with van der Waals surface area (Å²) in [6, 6.07) is 14.2. The number of amides is 1. The summed E-state index contributed by atoms with van der Waals surface area (Å²) >= 11 is 0. The van der Waals surface area contributed by atoms with E-state index in [0.29, 0.717) is 18.1 Å². The van der Waals surface area contributed by atoms with Gasteiger partial charge < -0.3 is 18.9 Å². The van der Waals surface area contributed by atoms with Crippen LogP contribution in [0, 0.1) is 0 Å². The van der Waals surface area contributed by atoms with Crippen molar-refractivity contribution in [1.29, 1.82) is 0 Å². The summed E-state index contributed by atoms with van der Waals surface area (Å²) in [6.45, 7) is 2.33. The molecule has 7 heteroatoms. The zero-order valence-corrected chi connectivity index (χ0v) is 20.0. The van der Waals surface area contributed by atoms with E-state index < -0.39 is 0 Å². The largest absolute Gasteiger partial charge is 0.493 e. The van der Waals surface area contributed by atoms with Gasteiger partial charge >= 0.3 is 0 Å². The van der Waals surface area contributed by atoms with Crippen molar-refractivity contribution in [3.8, 4) is 34.0 Å². The van der Waals surface area contributed by atoms with Crippen molar-refractivity contribution in [2.24, 2.45) is 0 Å². The molecule has 3 heterocycles. The summed E-state index contributed by atoms with van der Waals surface area (Å²) in [5.74, 6) is 1.99. The molecular weight excluding hydrogens is 438 g/mol. The second-order valence-corrected chi connectivity index (χ2v) is 8.47. The molecule has 5 rings (SSSR count). The monoisotopic (exact) mass is 467 g/mol. The molecule has 1 saturated heterocycles. The Balaban J connectivity index is 0.00000259. The second kappa shape index (κ2) is 9.87. The molecule has 0 atom stereocenters. The first-order valence-corrected chi connectivity index (χ1v) is 11.4. The number of aromatic nitrogens is 2. The topological polar surface area (TPSA) is 56.6 Å². The van der Waals surface area contributed by atoms with E-state index in [0.717, 1.165) is 60.6 Å². The first-order chi connectivity index (χ1) is 15.7. The highest BCUT2D eigenvalue weighted by Gasteiger charge is 2.31. The van der Waals surface area contributed by atoms with Gasteiger partial charge in [0.05, 0.1) is 25.6 Å². The lowest BCUT2D eigenvalue weighted by Gasteiger charge is -2.24. The summed E-state index contributed by atoms with van der Waals surface area (Å²) in [5.41, 5.74) is 5.07. The molecule has 0 aliphatic carbocycles. The standard InChI is InChI=1S/C26H29N3O3.ClH/c1-31-21-16-19-12-15-29-24(20(19)17-22(21)32-2)23(18-10-6-5-7-11-18)27-25(29)26(30)28-13-8-3-4-9-14-28;/h5-7,10-11,16-17H,3-4,8-9,12-15H2,1-2H3;1H. The van der Waals surface area contributed by atoms with Crippen LogP contribution in [0.5, 0.6) is 11.5 Å². The van der Waals surface area contributed by atoms with Crippen LogP contribution in [0.15, 0.2) is 42.5 Å². The molecule has 6 nitrogen and oxygen atoms in total. The van der Waals surface area contributed by atoms with E-state index in [2.05, 4.69) is 22.8 Å². The normalized spacial score (nSPS) is 15.0. The number of benzene rings is 2. The minimum atomic E-state index is 0. The number of aryl methyl sites for hydroxylation is 1. The summed E-state index contributed by atoms with van der Waals surface area (Å²) in [4.78, 5) is 20.6. The van der Waals surface area contributed by atoms with Crippen molar-refractivity contribution in [2.75, 3.05) is 27.3 Å². The first kappa shape index (κ1) is 23.2. The lowest BCUT2D eigenvalue weighted by molar-refractivity contribution is 0.0744. The zero-order valence-electron chi connectivity index (χ0n) is 19.2. The van der Waals surface area contributed by atoms with Gasteiger partial charge in [-0.05, 0) is 37.0 Å². The van der Waals surface area contributed by atoms with Gasteiger partial charge in [0.25, 0.3) is 5.91 Å². The van der Waals surface area contributed by atoms with Crippen LogP contribution in [0.1, 0.15) is 41.9 Å². The van der Waals surface area contributed by atoms with Crippen molar-refractivity contribution >= 4 is 18.3 Å². The molecule has 0 unspecified atom stereocenters. The number of carbonyl (C=O) groups excluding carboxylic acids is 1. The summed E-state index contributed by atoms with van der Waals surface area (Å²) in [7, 11) is 3.31. The molecule has 0 spiro atoms. The molecule has 3 aromatic rings. The Hall–Kier alpha value is -2.99. The minimum absolute atomic E-state index is 0. The highest BCUT2D eigenvalue weighted by Crippen LogP contribution is 2.43. The molecule has 1 amide bonds. The SMILES string of the molecule is COc1cc2c(cc1OC)-c1c(-c3ccccc3)nc(C(=O)N3CCCCCC3)n1CC2.Cl. The Morgan fingerprint density at radius 3 is 2.24 bits per heavy atom. The Morgan fingerprint density at radius 2 is 1.58 bits per heavy atom. The van der Waals surface area contributed by atoms with Gasteiger partial charge in [0.1, 0.15) is 0 Å². The zero-order chi connectivity index (χ0) is 22.1. The highest BCUT2D eigenvalue weighted by molar-refractivity contribution is 5.95. The van der Waals surface area contributed by atoms with Gasteiger partial charge in [-0.1, -0.05) is 43.2 Å². The molecule has 1 fully saturated rings. The molecule has 2 aliphatic heterocycles. The fourth-order valence-corrected chi connectivity index (χ4v) is 4.90. The number of nitrogens with zero attached hydrogens (tertiary/aromatic N) is 3. The molecule has 2 aromatic carbocycles. The van der Waals surface area contributed by atoms with Crippen molar-refractivity contribution in [2.45, 2.75) is 38.6 Å². The fraction of sp³-hybridized carbons (Fsp3) is 0.385. The Bertz CT molecular complexity index is 1140. The highest BCUT2D eigenvalue weighted by atomic mass is 35.5. The lowest BCUT2D eigenvalue weighted by atomic mass is 9.94. The van der Waals surface area contributed by atoms with Crippen LogP contribution in [-0.4, -0.2) is 47.7 Å². The number of ether oxygens (including phenoxy) is 2. The van der Waals surface area contributed by atoms with Crippen LogP contribution in [0.25, 0.3) is 22.5 Å². The number of imidazole rings is 1. The first-order valence-electron chi connectivity index (χ1n) is 11.4. The molecule has 174 valence electrons. The van der Waals surface area contributed by atoms with E-state index in [1.54, 1.807) is 14.2 Å². The molecular formula is C26H30ClN3O3. The van der Waals surface area contributed by atoms with Crippen LogP contribution in [0.4, 0.5) is 0 Å². The smallest absolute Gasteiger partial charge is 0.289 e. The van der Waals surface area contributed by atoms with E-state index in [1.807, 2.05) is 29.2 Å². The number of carbonyl (C=O) groups is 1. The summed E-state index contributed by atoms with van der Waals surface area (Å²) in [6.07, 6.45) is 5.31. The predicted molar refractivity (Wildman–Crippen MR) is 132 cm³/mol. The molecule has 33 heavy (non-hydrogen) atoms. The average molecular weight is 468 g/mol. The van der Waals surface area contributed by atoms with Crippen molar-refractivity contribution in [3.05, 3.63) is 53.9 Å². The number of likely N-dealkylation sites (tertiary alicyclic amines) is 1. The fourth-order valence-electron chi connectivity index (χ4n) is 4.90. The molecule has 2 aliphatic rings. The quantitative estimate of drug-likeness (QED) is 0.527. The average Bonchev–Trinajstić information content (AvgIpc) is 3.02. The van der Waals surface area contributed by atoms with Crippen LogP contribution in [0.2, 0.25) is 0 Å². The molecule has 0 bridgehead atoms. The van der Waals surface area contributed by atoms with Crippen LogP contribution >= 0.6 is 12.4 Å². The lowest BCUT2D eigenvalue weighted by Crippen LogP contribution is -2.34. The van der Waals surface area contributed by atoms with Crippen LogP contribution < -0.4 is 9.47 Å². The Labute approximate surface area is 200 Å². The molecule has 0 radical (unpaired) electrons. The van der Waals surface area contributed by atoms with Gasteiger partial charge in [-0.25, -0.2) is 4.98 Å². The van der Waals surface area contributed by atoms with E-state index in [1.165, 1.54) is 18.4 Å². The maximum atomic E-state index is 13.6. The molecule has 0 N–H and O–H groups in total. The van der Waals surface area contributed by atoms with Gasteiger partial charge in [0.2, 0.25) is 0 Å². The molecule has 0 saturated carbocycles. The van der Waals surface area contributed by atoms with Gasteiger partial charge in [0.15, 0.2) is 17.3 Å². The number of rotatable bonds is 4. The second-order valence-electron chi connectivity index (χ2n) is 8.47. The Kier molecular flexibility index (Phi) is 6.94. The predicted octanol–water partition coefficient (Wildman–Crippen LogP) is 5.23. The van der Waals surface area contributed by atoms with E-state index in [-0.39, 0.29) is 18.3 Å².